The van der Waals surface area contributed by atoms with Gasteiger partial charge in [-0.25, -0.2) is 9.48 Å². The number of amides is 2. The first kappa shape index (κ1) is 21.4. The van der Waals surface area contributed by atoms with Crippen molar-refractivity contribution in [2.24, 2.45) is 0 Å². The first-order valence-corrected chi connectivity index (χ1v) is 9.22. The van der Waals surface area contributed by atoms with E-state index in [1.54, 1.807) is 31.4 Å². The lowest BCUT2D eigenvalue weighted by molar-refractivity contribution is -0.124. The zero-order chi connectivity index (χ0) is 22.1. The highest BCUT2D eigenvalue weighted by Crippen LogP contribution is 2.17. The van der Waals surface area contributed by atoms with Gasteiger partial charge < -0.3 is 20.1 Å². The van der Waals surface area contributed by atoms with Gasteiger partial charge in [0.25, 0.3) is 5.91 Å². The quantitative estimate of drug-likeness (QED) is 0.481. The number of tetrazole rings is 1. The number of methoxy groups -OCH3 is 1. The van der Waals surface area contributed by atoms with Crippen LogP contribution in [0.1, 0.15) is 15.9 Å². The maximum absolute atomic E-state index is 12.4. The number of carbonyl (C=O) groups excluding carboxylic acids is 3. The molecule has 11 heteroatoms. The van der Waals surface area contributed by atoms with Crippen molar-refractivity contribution in [2.75, 3.05) is 19.0 Å². The van der Waals surface area contributed by atoms with Crippen LogP contribution in [0.15, 0.2) is 54.9 Å². The molecule has 31 heavy (non-hydrogen) atoms. The molecule has 0 bridgehead atoms. The molecule has 1 heterocycles. The minimum atomic E-state index is -0.745. The molecule has 0 radical (unpaired) electrons. The molecule has 2 amide bonds. The summed E-state index contributed by atoms with van der Waals surface area (Å²) in [7, 11) is 1.54. The van der Waals surface area contributed by atoms with Gasteiger partial charge in [-0.05, 0) is 28.6 Å². The number of carbonyl (C=O) groups is 3. The molecular formula is C20H20N6O5. The van der Waals surface area contributed by atoms with E-state index < -0.39 is 24.4 Å². The summed E-state index contributed by atoms with van der Waals surface area (Å²) in [5, 5.41) is 15.8. The van der Waals surface area contributed by atoms with Crippen molar-refractivity contribution in [3.63, 3.8) is 0 Å². The number of para-hydroxylation sites is 2. The van der Waals surface area contributed by atoms with E-state index in [0.717, 1.165) is 5.56 Å². The van der Waals surface area contributed by atoms with Crippen LogP contribution in [0, 0.1) is 0 Å². The Kier molecular flexibility index (Phi) is 7.25. The SMILES string of the molecule is COc1ccccc1CNC(=O)COC(=O)c1ccccc1NC(=O)Cn1cnnn1. The van der Waals surface area contributed by atoms with E-state index in [4.69, 9.17) is 9.47 Å². The Bertz CT molecular complexity index is 1050. The lowest BCUT2D eigenvalue weighted by atomic mass is 10.2. The molecule has 0 saturated carbocycles. The van der Waals surface area contributed by atoms with Gasteiger partial charge in [-0.1, -0.05) is 30.3 Å². The topological polar surface area (TPSA) is 137 Å². The van der Waals surface area contributed by atoms with Crippen molar-refractivity contribution in [2.45, 2.75) is 13.1 Å². The van der Waals surface area contributed by atoms with Gasteiger partial charge in [0.1, 0.15) is 18.6 Å². The second-order valence-corrected chi connectivity index (χ2v) is 6.27. The number of rotatable bonds is 9. The molecule has 2 aromatic carbocycles. The van der Waals surface area contributed by atoms with Gasteiger partial charge >= 0.3 is 5.97 Å². The standard InChI is InChI=1S/C20H20N6O5/c1-30-17-9-5-2-6-14(17)10-21-19(28)12-31-20(29)15-7-3-4-8-16(15)23-18(27)11-26-13-22-24-25-26/h2-9,13H,10-12H2,1H3,(H,21,28)(H,23,27). The van der Waals surface area contributed by atoms with Crippen LogP contribution in [0.25, 0.3) is 0 Å². The number of ether oxygens (including phenoxy) is 2. The first-order chi connectivity index (χ1) is 15.1. The van der Waals surface area contributed by atoms with E-state index >= 15 is 0 Å². The van der Waals surface area contributed by atoms with E-state index in [-0.39, 0.29) is 24.3 Å². The van der Waals surface area contributed by atoms with Gasteiger partial charge in [-0.15, -0.1) is 5.10 Å². The van der Waals surface area contributed by atoms with Crippen LogP contribution in [0.5, 0.6) is 5.75 Å². The summed E-state index contributed by atoms with van der Waals surface area (Å²) in [4.78, 5) is 36.6. The number of nitrogens with one attached hydrogen (secondary N) is 2. The number of hydrogen-bond donors (Lipinski definition) is 2. The van der Waals surface area contributed by atoms with E-state index in [1.807, 2.05) is 18.2 Å². The number of esters is 1. The van der Waals surface area contributed by atoms with Crippen LogP contribution in [0.2, 0.25) is 0 Å². The molecule has 0 spiro atoms. The summed E-state index contributed by atoms with van der Waals surface area (Å²) in [6.45, 7) is -0.368. The Morgan fingerprint density at radius 3 is 2.58 bits per heavy atom. The smallest absolute Gasteiger partial charge is 0.340 e. The molecule has 1 aromatic heterocycles. The number of anilines is 1. The van der Waals surface area contributed by atoms with Crippen molar-refractivity contribution in [1.82, 2.24) is 25.5 Å². The average Bonchev–Trinajstić information content (AvgIpc) is 3.29. The van der Waals surface area contributed by atoms with Gasteiger partial charge in [0.2, 0.25) is 5.91 Å². The second-order valence-electron chi connectivity index (χ2n) is 6.27. The Morgan fingerprint density at radius 1 is 1.03 bits per heavy atom. The van der Waals surface area contributed by atoms with Gasteiger partial charge in [0, 0.05) is 12.1 Å². The Morgan fingerprint density at radius 2 is 1.81 bits per heavy atom. The first-order valence-electron chi connectivity index (χ1n) is 9.22. The molecule has 0 aliphatic heterocycles. The molecule has 0 atom stereocenters. The van der Waals surface area contributed by atoms with Crippen molar-refractivity contribution < 1.29 is 23.9 Å². The molecule has 0 saturated heterocycles. The highest BCUT2D eigenvalue weighted by atomic mass is 16.5. The summed E-state index contributed by atoms with van der Waals surface area (Å²) in [5.41, 5.74) is 1.16. The van der Waals surface area contributed by atoms with Crippen molar-refractivity contribution in [3.05, 3.63) is 66.0 Å². The van der Waals surface area contributed by atoms with E-state index in [2.05, 4.69) is 26.2 Å². The lowest BCUT2D eigenvalue weighted by Gasteiger charge is -2.12. The third-order valence-electron chi connectivity index (χ3n) is 4.12. The molecular weight excluding hydrogens is 404 g/mol. The van der Waals surface area contributed by atoms with Gasteiger partial charge in [0.05, 0.1) is 18.4 Å². The highest BCUT2D eigenvalue weighted by Gasteiger charge is 2.16. The van der Waals surface area contributed by atoms with Crippen LogP contribution >= 0.6 is 0 Å². The van der Waals surface area contributed by atoms with Gasteiger partial charge in [-0.2, -0.15) is 0 Å². The fourth-order valence-electron chi connectivity index (χ4n) is 2.66. The fourth-order valence-corrected chi connectivity index (χ4v) is 2.66. The molecule has 2 N–H and O–H groups in total. The number of benzene rings is 2. The Balaban J connectivity index is 1.53. The zero-order valence-corrected chi connectivity index (χ0v) is 16.6. The summed E-state index contributed by atoms with van der Waals surface area (Å²) in [5.74, 6) is -1.00. The fraction of sp³-hybridized carbons (Fsp3) is 0.200. The minimum Gasteiger partial charge on any atom is -0.496 e. The summed E-state index contributed by atoms with van der Waals surface area (Å²) < 4.78 is 11.6. The van der Waals surface area contributed by atoms with Gasteiger partial charge in [-0.3, -0.25) is 9.59 Å². The minimum absolute atomic E-state index is 0.116. The summed E-state index contributed by atoms with van der Waals surface area (Å²) >= 11 is 0. The Labute approximate surface area is 177 Å². The highest BCUT2D eigenvalue weighted by molar-refractivity contribution is 6.01. The second kappa shape index (κ2) is 10.5. The molecule has 0 unspecified atom stereocenters. The predicted molar refractivity (Wildman–Crippen MR) is 108 cm³/mol. The van der Waals surface area contributed by atoms with E-state index in [0.29, 0.717) is 5.75 Å². The maximum atomic E-state index is 12.4. The van der Waals surface area contributed by atoms with Crippen LogP contribution in [0.3, 0.4) is 0 Å². The van der Waals surface area contributed by atoms with Crippen LogP contribution in [-0.2, 0) is 27.4 Å². The number of aromatic nitrogens is 4. The largest absolute Gasteiger partial charge is 0.496 e. The molecule has 160 valence electrons. The van der Waals surface area contributed by atoms with E-state index in [9.17, 15) is 14.4 Å². The number of nitrogens with zero attached hydrogens (tertiary/aromatic N) is 4. The molecule has 0 aliphatic carbocycles. The normalized spacial score (nSPS) is 10.2. The van der Waals surface area contributed by atoms with Crippen molar-refractivity contribution >= 4 is 23.5 Å². The monoisotopic (exact) mass is 424 g/mol. The molecule has 0 fully saturated rings. The summed E-state index contributed by atoms with van der Waals surface area (Å²) in [6.07, 6.45) is 1.30. The third kappa shape index (κ3) is 6.10. The molecule has 3 rings (SSSR count). The third-order valence-corrected chi connectivity index (χ3v) is 4.12. The molecule has 0 aliphatic rings. The van der Waals surface area contributed by atoms with Crippen molar-refractivity contribution in [3.8, 4) is 5.75 Å². The lowest BCUT2D eigenvalue weighted by Crippen LogP contribution is -2.28. The molecule has 11 nitrogen and oxygen atoms in total. The zero-order valence-electron chi connectivity index (χ0n) is 16.6. The predicted octanol–water partition coefficient (Wildman–Crippen LogP) is 0.794. The van der Waals surface area contributed by atoms with E-state index in [1.165, 1.54) is 17.1 Å². The maximum Gasteiger partial charge on any atom is 0.340 e. The van der Waals surface area contributed by atoms with Crippen LogP contribution < -0.4 is 15.4 Å². The summed E-state index contributed by atoms with van der Waals surface area (Å²) in [6, 6.07) is 13.6. The molecule has 3 aromatic rings. The van der Waals surface area contributed by atoms with Crippen LogP contribution in [0.4, 0.5) is 5.69 Å². The van der Waals surface area contributed by atoms with Gasteiger partial charge in [0.15, 0.2) is 6.61 Å². The average molecular weight is 424 g/mol. The number of hydrogen-bond acceptors (Lipinski definition) is 8. The van der Waals surface area contributed by atoms with Crippen LogP contribution in [-0.4, -0.2) is 51.7 Å². The Hall–Kier alpha value is -4.28. The van der Waals surface area contributed by atoms with Crippen molar-refractivity contribution in [1.29, 1.82) is 0 Å².